The molecule has 0 fully saturated rings. The van der Waals surface area contributed by atoms with Crippen LogP contribution in [0.2, 0.25) is 0 Å². The first-order valence-corrected chi connectivity index (χ1v) is 40.9. The zero-order valence-electron chi connectivity index (χ0n) is 63.0. The van der Waals surface area contributed by atoms with Gasteiger partial charge >= 0.3 is 0 Å². The summed E-state index contributed by atoms with van der Waals surface area (Å²) < 4.78 is 39.2. The van der Waals surface area contributed by atoms with Crippen molar-refractivity contribution in [2.24, 2.45) is 0 Å². The van der Waals surface area contributed by atoms with E-state index in [1.54, 1.807) is 0 Å². The molecule has 0 amide bonds. The summed E-state index contributed by atoms with van der Waals surface area (Å²) >= 11 is 0. The molecule has 96 heavy (non-hydrogen) atoms. The lowest BCUT2D eigenvalue weighted by molar-refractivity contribution is 0.289. The quantitative estimate of drug-likeness (QED) is 0.0324. The smallest absolute Gasteiger partial charge is 0.123 e. The van der Waals surface area contributed by atoms with Crippen LogP contribution in [0.15, 0.2) is 72.8 Å². The highest BCUT2D eigenvalue weighted by atomic mass is 16.5. The molecule has 6 heteroatoms. The summed E-state index contributed by atoms with van der Waals surface area (Å²) in [5.41, 5.74) is 6.53. The molecule has 0 bridgehead atoms. The van der Waals surface area contributed by atoms with Crippen LogP contribution in [-0.2, 0) is 0 Å². The van der Waals surface area contributed by atoms with E-state index in [0.717, 1.165) is 106 Å². The Balaban J connectivity index is 1.68. The molecule has 0 aromatic heterocycles. The van der Waals surface area contributed by atoms with Crippen molar-refractivity contribution in [3.63, 3.8) is 0 Å². The highest BCUT2D eigenvalue weighted by Gasteiger charge is 2.09. The first-order valence-electron chi connectivity index (χ1n) is 40.9. The van der Waals surface area contributed by atoms with Gasteiger partial charge < -0.3 is 28.4 Å². The van der Waals surface area contributed by atoms with Gasteiger partial charge in [-0.3, -0.25) is 0 Å². The molecule has 0 spiro atoms. The summed E-state index contributed by atoms with van der Waals surface area (Å²) in [5.74, 6) is 5.26. The van der Waals surface area contributed by atoms with Gasteiger partial charge in [0, 0.05) is 18.2 Å². The summed E-state index contributed by atoms with van der Waals surface area (Å²) in [5, 5.41) is 0. The lowest BCUT2D eigenvalue weighted by Gasteiger charge is -2.12. The minimum atomic E-state index is 0.714. The first kappa shape index (κ1) is 83.3. The van der Waals surface area contributed by atoms with Crippen LogP contribution in [0, 0.1) is 0 Å². The molecule has 0 aliphatic heterocycles. The molecule has 6 nitrogen and oxygen atoms in total. The van der Waals surface area contributed by atoms with E-state index in [4.69, 9.17) is 28.4 Å². The zero-order chi connectivity index (χ0) is 68.1. The normalized spacial score (nSPS) is 11.7. The van der Waals surface area contributed by atoms with Crippen LogP contribution in [0.3, 0.4) is 0 Å². The third kappa shape index (κ3) is 44.7. The number of unbranched alkanes of at least 4 members (excludes halogenated alkanes) is 42. The van der Waals surface area contributed by atoms with E-state index >= 15 is 0 Å². The van der Waals surface area contributed by atoms with E-state index in [2.05, 4.69) is 151 Å². The van der Waals surface area contributed by atoms with Crippen LogP contribution in [0.25, 0.3) is 36.5 Å². The molecular weight excluding hydrogens is 1180 g/mol. The average molecular weight is 1320 g/mol. The van der Waals surface area contributed by atoms with Gasteiger partial charge in [-0.25, -0.2) is 0 Å². The second-order valence-corrected chi connectivity index (χ2v) is 28.1. The standard InChI is InChI=1S/C90H144O6/c1-7-13-19-25-31-37-43-49-61-91-85-70-82(71-86(76-85)92-62-50-44-38-32-26-20-14-8-2)58-55-79-67-80(56-59-83-72-87(93-63-51-45-39-33-27-21-15-9-3)77-88(73-83)94-64-52-46-40-34-28-22-16-10-4)69-81(68-79)57-60-84-74-89(95-65-53-47-41-35-29-23-17-11-5)78-90(75-84)96-66-54-48-42-36-30-24-18-12-6/h55-60,67-78H,7-54,61-66H2,1-6H3. The topological polar surface area (TPSA) is 55.4 Å². The van der Waals surface area contributed by atoms with E-state index in [1.165, 1.54) is 270 Å². The van der Waals surface area contributed by atoms with Crippen molar-refractivity contribution in [3.8, 4) is 34.5 Å². The molecule has 0 saturated carbocycles. The molecule has 4 aromatic carbocycles. The minimum Gasteiger partial charge on any atom is -0.493 e. The Kier molecular flexibility index (Phi) is 52.0. The van der Waals surface area contributed by atoms with Gasteiger partial charge in [-0.2, -0.15) is 0 Å². The highest BCUT2D eigenvalue weighted by Crippen LogP contribution is 2.31. The van der Waals surface area contributed by atoms with Crippen molar-refractivity contribution in [2.45, 2.75) is 350 Å². The lowest BCUT2D eigenvalue weighted by atomic mass is 10.0. The fraction of sp³-hybridized carbons (Fsp3) is 0.667. The summed E-state index contributed by atoms with van der Waals surface area (Å²) in [6.07, 6.45) is 74.6. The van der Waals surface area contributed by atoms with Gasteiger partial charge in [-0.1, -0.05) is 348 Å². The van der Waals surface area contributed by atoms with Crippen molar-refractivity contribution in [1.82, 2.24) is 0 Å². The molecule has 0 N–H and O–H groups in total. The molecule has 4 rings (SSSR count). The number of ether oxygens (including phenoxy) is 6. The Morgan fingerprint density at radius 3 is 0.427 bits per heavy atom. The van der Waals surface area contributed by atoms with Crippen LogP contribution in [0.4, 0.5) is 0 Å². The zero-order valence-corrected chi connectivity index (χ0v) is 63.0. The monoisotopic (exact) mass is 1320 g/mol. The number of rotatable bonds is 66. The van der Waals surface area contributed by atoms with Crippen LogP contribution < -0.4 is 28.4 Å². The van der Waals surface area contributed by atoms with Crippen molar-refractivity contribution in [1.29, 1.82) is 0 Å². The number of hydrogen-bond donors (Lipinski definition) is 0. The highest BCUT2D eigenvalue weighted by molar-refractivity contribution is 5.79. The van der Waals surface area contributed by atoms with Gasteiger partial charge in [0.2, 0.25) is 0 Å². The predicted octanol–water partition coefficient (Wildman–Crippen LogP) is 29.3. The molecule has 0 aliphatic rings. The molecule has 540 valence electrons. The predicted molar refractivity (Wildman–Crippen MR) is 421 cm³/mol. The Morgan fingerprint density at radius 1 is 0.156 bits per heavy atom. The second-order valence-electron chi connectivity index (χ2n) is 28.1. The largest absolute Gasteiger partial charge is 0.493 e. The Labute approximate surface area is 591 Å². The van der Waals surface area contributed by atoms with Gasteiger partial charge in [0.1, 0.15) is 34.5 Å². The Morgan fingerprint density at radius 2 is 0.281 bits per heavy atom. The SMILES string of the molecule is CCCCCCCCCCOc1cc(C=Cc2cc(C=Cc3cc(OCCCCCCCCCC)cc(OCCCCCCCCCC)c3)cc(C=Cc3cc(OCCCCCCCCCC)cc(OCCCCCCCCCC)c3)c2)cc(OCCCCCCCCCC)c1. The summed E-state index contributed by atoms with van der Waals surface area (Å²) in [6, 6.07) is 26.3. The molecule has 0 unspecified atom stereocenters. The fourth-order valence-electron chi connectivity index (χ4n) is 12.7. The van der Waals surface area contributed by atoms with Crippen LogP contribution in [0.5, 0.6) is 34.5 Å². The summed E-state index contributed by atoms with van der Waals surface area (Å²) in [6.45, 7) is 18.0. The Hall–Kier alpha value is -5.10. The van der Waals surface area contributed by atoms with Crippen LogP contribution in [-0.4, -0.2) is 39.6 Å². The van der Waals surface area contributed by atoms with Crippen molar-refractivity contribution in [2.75, 3.05) is 39.6 Å². The number of benzene rings is 4. The maximum atomic E-state index is 6.54. The first-order chi connectivity index (χ1) is 47.4. The van der Waals surface area contributed by atoms with Gasteiger partial charge in [-0.05, 0) is 127 Å². The molecule has 0 atom stereocenters. The molecule has 4 aromatic rings. The third-order valence-electron chi connectivity index (χ3n) is 18.7. The summed E-state index contributed by atoms with van der Waals surface area (Å²) in [7, 11) is 0. The maximum absolute atomic E-state index is 6.54. The van der Waals surface area contributed by atoms with Crippen molar-refractivity contribution in [3.05, 3.63) is 106 Å². The second kappa shape index (κ2) is 59.9. The van der Waals surface area contributed by atoms with Crippen LogP contribution in [0.1, 0.15) is 383 Å². The lowest BCUT2D eigenvalue weighted by Crippen LogP contribution is -2.01. The van der Waals surface area contributed by atoms with E-state index in [9.17, 15) is 0 Å². The van der Waals surface area contributed by atoms with E-state index < -0.39 is 0 Å². The molecule has 0 aliphatic carbocycles. The Bertz CT molecular complexity index is 2130. The van der Waals surface area contributed by atoms with Gasteiger partial charge in [-0.15, -0.1) is 0 Å². The van der Waals surface area contributed by atoms with Crippen LogP contribution >= 0.6 is 0 Å². The van der Waals surface area contributed by atoms with Gasteiger partial charge in [0.05, 0.1) is 39.6 Å². The van der Waals surface area contributed by atoms with Gasteiger partial charge in [0.15, 0.2) is 0 Å². The number of hydrogen-bond acceptors (Lipinski definition) is 6. The minimum absolute atomic E-state index is 0.714. The molecule has 0 radical (unpaired) electrons. The van der Waals surface area contributed by atoms with E-state index in [0.29, 0.717) is 39.6 Å². The van der Waals surface area contributed by atoms with E-state index in [1.807, 2.05) is 0 Å². The molecular formula is C90H144O6. The molecule has 0 saturated heterocycles. The maximum Gasteiger partial charge on any atom is 0.123 e. The summed E-state index contributed by atoms with van der Waals surface area (Å²) in [4.78, 5) is 0. The van der Waals surface area contributed by atoms with E-state index in [-0.39, 0.29) is 0 Å². The third-order valence-corrected chi connectivity index (χ3v) is 18.7. The average Bonchev–Trinajstić information content (AvgIpc) is 1.07. The van der Waals surface area contributed by atoms with Gasteiger partial charge in [0.25, 0.3) is 0 Å². The fourth-order valence-corrected chi connectivity index (χ4v) is 12.7. The van der Waals surface area contributed by atoms with Crippen molar-refractivity contribution >= 4 is 36.5 Å². The van der Waals surface area contributed by atoms with Crippen molar-refractivity contribution < 1.29 is 28.4 Å². The molecule has 0 heterocycles.